The number of methoxy groups -OCH3 is 1. The molecule has 31 heavy (non-hydrogen) atoms. The molecule has 1 heterocycles. The van der Waals surface area contributed by atoms with Gasteiger partial charge in [0.15, 0.2) is 12.4 Å². The van der Waals surface area contributed by atoms with Crippen LogP contribution in [-0.4, -0.2) is 29.6 Å². The van der Waals surface area contributed by atoms with Gasteiger partial charge in [-0.25, -0.2) is 4.98 Å². The van der Waals surface area contributed by atoms with Crippen molar-refractivity contribution in [2.75, 3.05) is 19.0 Å². The summed E-state index contributed by atoms with van der Waals surface area (Å²) in [6.45, 7) is 1.34. The molecule has 10 heteroatoms. The van der Waals surface area contributed by atoms with Crippen LogP contribution in [0, 0.1) is 6.92 Å². The van der Waals surface area contributed by atoms with E-state index in [-0.39, 0.29) is 18.3 Å². The van der Waals surface area contributed by atoms with Crippen molar-refractivity contribution < 1.29 is 27.4 Å². The fourth-order valence-corrected chi connectivity index (χ4v) is 2.89. The second-order valence-corrected chi connectivity index (χ2v) is 6.84. The first-order valence-corrected chi connectivity index (χ1v) is 9.33. The molecular formula is C21H17ClF3N3O3. The third-order valence-corrected chi connectivity index (χ3v) is 4.38. The number of carbonyl (C=O) groups is 1. The minimum Gasteiger partial charge on any atom is -0.495 e. The number of aryl methyl sites for hydroxylation is 1. The summed E-state index contributed by atoms with van der Waals surface area (Å²) in [6, 6.07) is 10.8. The summed E-state index contributed by atoms with van der Waals surface area (Å²) in [4.78, 5) is 20.6. The summed E-state index contributed by atoms with van der Waals surface area (Å²) < 4.78 is 48.7. The number of nitrogens with zero attached hydrogens (tertiary/aromatic N) is 2. The van der Waals surface area contributed by atoms with Gasteiger partial charge in [0.2, 0.25) is 5.88 Å². The Labute approximate surface area is 181 Å². The average molecular weight is 452 g/mol. The lowest BCUT2D eigenvalue weighted by molar-refractivity contribution is -0.137. The normalized spacial score (nSPS) is 11.2. The van der Waals surface area contributed by atoms with Gasteiger partial charge in [0.25, 0.3) is 5.91 Å². The third-order valence-electron chi connectivity index (χ3n) is 4.09. The van der Waals surface area contributed by atoms with Crippen molar-refractivity contribution >= 4 is 23.2 Å². The second-order valence-electron chi connectivity index (χ2n) is 6.43. The molecule has 3 aromatic rings. The van der Waals surface area contributed by atoms with Gasteiger partial charge < -0.3 is 14.8 Å². The SMILES string of the molecule is COc1ccc(NC(=O)COc2cc(C)nc(-c3ccc(C(F)(F)F)cc3)n2)cc1Cl. The molecule has 0 fully saturated rings. The monoisotopic (exact) mass is 451 g/mol. The summed E-state index contributed by atoms with van der Waals surface area (Å²) in [5, 5.41) is 2.97. The number of hydrogen-bond acceptors (Lipinski definition) is 5. The van der Waals surface area contributed by atoms with Crippen molar-refractivity contribution in [1.29, 1.82) is 0 Å². The van der Waals surface area contributed by atoms with E-state index in [2.05, 4.69) is 15.3 Å². The maximum absolute atomic E-state index is 12.7. The summed E-state index contributed by atoms with van der Waals surface area (Å²) in [5.74, 6) is 0.327. The predicted molar refractivity (Wildman–Crippen MR) is 109 cm³/mol. The Hall–Kier alpha value is -3.33. The highest BCUT2D eigenvalue weighted by Gasteiger charge is 2.30. The van der Waals surface area contributed by atoms with Crippen molar-refractivity contribution in [3.63, 3.8) is 0 Å². The van der Waals surface area contributed by atoms with Crippen molar-refractivity contribution in [1.82, 2.24) is 9.97 Å². The van der Waals surface area contributed by atoms with Crippen LogP contribution in [0.2, 0.25) is 5.02 Å². The molecule has 0 radical (unpaired) electrons. The highest BCUT2D eigenvalue weighted by Crippen LogP contribution is 2.31. The van der Waals surface area contributed by atoms with E-state index in [1.165, 1.54) is 31.4 Å². The molecule has 0 saturated heterocycles. The highest BCUT2D eigenvalue weighted by molar-refractivity contribution is 6.32. The fourth-order valence-electron chi connectivity index (χ4n) is 2.63. The molecule has 0 aliphatic heterocycles. The molecule has 1 N–H and O–H groups in total. The van der Waals surface area contributed by atoms with Gasteiger partial charge in [-0.2, -0.15) is 18.2 Å². The molecule has 0 aliphatic rings. The zero-order valence-corrected chi connectivity index (χ0v) is 17.2. The van der Waals surface area contributed by atoms with E-state index in [1.807, 2.05) is 0 Å². The number of ether oxygens (including phenoxy) is 2. The van der Waals surface area contributed by atoms with Crippen molar-refractivity contribution in [2.24, 2.45) is 0 Å². The Morgan fingerprint density at radius 2 is 1.81 bits per heavy atom. The van der Waals surface area contributed by atoms with Gasteiger partial charge in [-0.3, -0.25) is 4.79 Å². The van der Waals surface area contributed by atoms with Crippen molar-refractivity contribution in [2.45, 2.75) is 13.1 Å². The molecule has 0 aliphatic carbocycles. The smallest absolute Gasteiger partial charge is 0.416 e. The zero-order chi connectivity index (χ0) is 22.6. The summed E-state index contributed by atoms with van der Waals surface area (Å²) in [7, 11) is 1.48. The van der Waals surface area contributed by atoms with Gasteiger partial charge in [0.05, 0.1) is 17.7 Å². The van der Waals surface area contributed by atoms with E-state index >= 15 is 0 Å². The summed E-state index contributed by atoms with van der Waals surface area (Å²) in [6.07, 6.45) is -4.43. The van der Waals surface area contributed by atoms with Crippen LogP contribution in [-0.2, 0) is 11.0 Å². The molecule has 0 saturated carbocycles. The standard InChI is InChI=1S/C21H17ClF3N3O3/c1-12-9-19(28-20(26-12)13-3-5-14(6-4-13)21(23,24)25)31-11-18(29)27-15-7-8-17(30-2)16(22)10-15/h3-10H,11H2,1-2H3,(H,27,29). The van der Waals surface area contributed by atoms with Crippen molar-refractivity contribution in [3.8, 4) is 23.0 Å². The number of anilines is 1. The number of amides is 1. The van der Waals surface area contributed by atoms with Crippen LogP contribution in [0.25, 0.3) is 11.4 Å². The van der Waals surface area contributed by atoms with Crippen LogP contribution < -0.4 is 14.8 Å². The molecule has 6 nitrogen and oxygen atoms in total. The van der Waals surface area contributed by atoms with Gasteiger partial charge >= 0.3 is 6.18 Å². The number of hydrogen-bond donors (Lipinski definition) is 1. The molecule has 1 aromatic heterocycles. The highest BCUT2D eigenvalue weighted by atomic mass is 35.5. The van der Waals surface area contributed by atoms with Crippen LogP contribution in [0.15, 0.2) is 48.5 Å². The maximum atomic E-state index is 12.7. The van der Waals surface area contributed by atoms with Gasteiger partial charge in [-0.1, -0.05) is 23.7 Å². The largest absolute Gasteiger partial charge is 0.495 e. The number of alkyl halides is 3. The van der Waals surface area contributed by atoms with Crippen LogP contribution >= 0.6 is 11.6 Å². The van der Waals surface area contributed by atoms with E-state index in [9.17, 15) is 18.0 Å². The van der Waals surface area contributed by atoms with E-state index in [1.54, 1.807) is 19.1 Å². The van der Waals surface area contributed by atoms with E-state index < -0.39 is 17.6 Å². The Morgan fingerprint density at radius 1 is 1.10 bits per heavy atom. The Balaban J connectivity index is 1.68. The topological polar surface area (TPSA) is 73.3 Å². The number of halogens is 4. The van der Waals surface area contributed by atoms with E-state index in [4.69, 9.17) is 21.1 Å². The number of carbonyl (C=O) groups excluding carboxylic acids is 1. The number of aromatic nitrogens is 2. The fraction of sp³-hybridized carbons (Fsp3) is 0.190. The first kappa shape index (κ1) is 22.4. The van der Waals surface area contributed by atoms with Crippen LogP contribution in [0.3, 0.4) is 0 Å². The Bertz CT molecular complexity index is 1090. The molecule has 0 unspecified atom stereocenters. The molecule has 0 bridgehead atoms. The summed E-state index contributed by atoms with van der Waals surface area (Å²) >= 11 is 6.03. The number of rotatable bonds is 6. The van der Waals surface area contributed by atoms with E-state index in [0.29, 0.717) is 27.7 Å². The first-order valence-electron chi connectivity index (χ1n) is 8.95. The number of nitrogens with one attached hydrogen (secondary N) is 1. The van der Waals surface area contributed by atoms with Crippen LogP contribution in [0.5, 0.6) is 11.6 Å². The number of benzene rings is 2. The quantitative estimate of drug-likeness (QED) is 0.561. The molecule has 162 valence electrons. The lowest BCUT2D eigenvalue weighted by Crippen LogP contribution is -2.20. The summed E-state index contributed by atoms with van der Waals surface area (Å²) in [5.41, 5.74) is 0.612. The maximum Gasteiger partial charge on any atom is 0.416 e. The predicted octanol–water partition coefficient (Wildman–Crippen LogP) is 5.15. The molecule has 0 atom stereocenters. The molecule has 2 aromatic carbocycles. The second kappa shape index (κ2) is 9.22. The lowest BCUT2D eigenvalue weighted by atomic mass is 10.1. The minimum absolute atomic E-state index is 0.116. The van der Waals surface area contributed by atoms with Gasteiger partial charge in [0, 0.05) is 23.0 Å². The molecule has 1 amide bonds. The minimum atomic E-state index is -4.43. The molecular weight excluding hydrogens is 435 g/mol. The Kier molecular flexibility index (Phi) is 6.65. The van der Waals surface area contributed by atoms with Gasteiger partial charge in [-0.05, 0) is 37.3 Å². The van der Waals surface area contributed by atoms with Gasteiger partial charge in [-0.15, -0.1) is 0 Å². The van der Waals surface area contributed by atoms with Gasteiger partial charge in [0.1, 0.15) is 5.75 Å². The van der Waals surface area contributed by atoms with Crippen LogP contribution in [0.1, 0.15) is 11.3 Å². The lowest BCUT2D eigenvalue weighted by Gasteiger charge is -2.11. The van der Waals surface area contributed by atoms with Crippen LogP contribution in [0.4, 0.5) is 18.9 Å². The Morgan fingerprint density at radius 3 is 2.42 bits per heavy atom. The van der Waals surface area contributed by atoms with Crippen molar-refractivity contribution in [3.05, 3.63) is 64.8 Å². The molecule has 3 rings (SSSR count). The van der Waals surface area contributed by atoms with E-state index in [0.717, 1.165) is 12.1 Å². The zero-order valence-electron chi connectivity index (χ0n) is 16.5. The molecule has 0 spiro atoms. The third kappa shape index (κ3) is 5.85. The average Bonchev–Trinajstić information content (AvgIpc) is 2.71. The first-order chi connectivity index (χ1) is 14.7.